The van der Waals surface area contributed by atoms with Crippen molar-refractivity contribution in [2.75, 3.05) is 43.6 Å². The molecule has 0 aliphatic rings. The Kier molecular flexibility index (Phi) is 8.53. The van der Waals surface area contributed by atoms with E-state index >= 15 is 0 Å². The molecule has 8 nitrogen and oxygen atoms in total. The third kappa shape index (κ3) is 7.01. The quantitative estimate of drug-likeness (QED) is 0.415. The summed E-state index contributed by atoms with van der Waals surface area (Å²) in [6.07, 6.45) is 2.29. The molecular formula is C25H29FN6O2. The first-order valence-corrected chi connectivity index (χ1v) is 10.9. The van der Waals surface area contributed by atoms with Crippen molar-refractivity contribution >= 4 is 29.0 Å². The van der Waals surface area contributed by atoms with Gasteiger partial charge in [0.25, 0.3) is 5.91 Å². The zero-order valence-electron chi connectivity index (χ0n) is 19.3. The van der Waals surface area contributed by atoms with Crippen molar-refractivity contribution in [2.45, 2.75) is 13.0 Å². The molecule has 0 saturated heterocycles. The molecule has 2 aromatic carbocycles. The van der Waals surface area contributed by atoms with E-state index < -0.39 is 11.8 Å². The average molecular weight is 465 g/mol. The number of pyridine rings is 1. The predicted molar refractivity (Wildman–Crippen MR) is 132 cm³/mol. The number of hydrogen-bond acceptors (Lipinski definition) is 5. The van der Waals surface area contributed by atoms with Gasteiger partial charge in [-0.3, -0.25) is 9.78 Å². The van der Waals surface area contributed by atoms with Gasteiger partial charge in [0.1, 0.15) is 11.5 Å². The van der Waals surface area contributed by atoms with E-state index in [-0.39, 0.29) is 23.8 Å². The molecule has 178 valence electrons. The normalized spacial score (nSPS) is 10.7. The number of urea groups is 1. The van der Waals surface area contributed by atoms with Gasteiger partial charge in [-0.25, -0.2) is 9.18 Å². The summed E-state index contributed by atoms with van der Waals surface area (Å²) in [6.45, 7) is 1.52. The number of aromatic nitrogens is 1. The Balaban J connectivity index is 1.68. The van der Waals surface area contributed by atoms with Gasteiger partial charge in [0, 0.05) is 19.3 Å². The second-order valence-electron chi connectivity index (χ2n) is 8.08. The lowest BCUT2D eigenvalue weighted by Gasteiger charge is -2.24. The summed E-state index contributed by atoms with van der Waals surface area (Å²) in [5.74, 6) is -0.884. The first-order valence-electron chi connectivity index (χ1n) is 10.9. The van der Waals surface area contributed by atoms with Crippen LogP contribution in [0.1, 0.15) is 22.5 Å². The van der Waals surface area contributed by atoms with Crippen LogP contribution in [0.5, 0.6) is 0 Å². The number of rotatable bonds is 9. The lowest BCUT2D eigenvalue weighted by atomic mass is 10.2. The van der Waals surface area contributed by atoms with Gasteiger partial charge in [0.05, 0.1) is 17.1 Å². The van der Waals surface area contributed by atoms with Gasteiger partial charge in [-0.15, -0.1) is 0 Å². The Hall–Kier alpha value is -3.98. The van der Waals surface area contributed by atoms with E-state index in [0.29, 0.717) is 17.9 Å². The van der Waals surface area contributed by atoms with Crippen LogP contribution < -0.4 is 16.4 Å². The van der Waals surface area contributed by atoms with Crippen LogP contribution in [-0.2, 0) is 6.54 Å². The molecule has 0 aliphatic carbocycles. The van der Waals surface area contributed by atoms with Crippen molar-refractivity contribution in [3.05, 3.63) is 83.9 Å². The number of nitrogens with one attached hydrogen (secondary N) is 2. The SMILES string of the molecule is CN(C)CCCN(Cc1ccc(C(=O)Nc2ccccc2N)nc1)C(=O)Nc1ccccc1F. The number of nitrogens with zero attached hydrogens (tertiary/aromatic N) is 3. The van der Waals surface area contributed by atoms with Crippen LogP contribution in [-0.4, -0.2) is 53.9 Å². The Morgan fingerprint density at radius 2 is 1.65 bits per heavy atom. The fraction of sp³-hybridized carbons (Fsp3) is 0.240. The maximum atomic E-state index is 14.0. The summed E-state index contributed by atoms with van der Waals surface area (Å²) in [4.78, 5) is 33.3. The van der Waals surface area contributed by atoms with Crippen LogP contribution in [0.3, 0.4) is 0 Å². The van der Waals surface area contributed by atoms with Gasteiger partial charge >= 0.3 is 6.03 Å². The second kappa shape index (κ2) is 11.8. The highest BCUT2D eigenvalue weighted by Gasteiger charge is 2.17. The first kappa shape index (κ1) is 24.7. The van der Waals surface area contributed by atoms with Gasteiger partial charge in [-0.05, 0) is 63.0 Å². The fourth-order valence-electron chi connectivity index (χ4n) is 3.26. The van der Waals surface area contributed by atoms with Crippen molar-refractivity contribution in [3.63, 3.8) is 0 Å². The second-order valence-corrected chi connectivity index (χ2v) is 8.08. The maximum absolute atomic E-state index is 14.0. The highest BCUT2D eigenvalue weighted by molar-refractivity contribution is 6.04. The van der Waals surface area contributed by atoms with Gasteiger partial charge in [-0.2, -0.15) is 0 Å². The van der Waals surface area contributed by atoms with Crippen molar-refractivity contribution in [3.8, 4) is 0 Å². The minimum absolute atomic E-state index is 0.121. The van der Waals surface area contributed by atoms with E-state index in [4.69, 9.17) is 5.73 Å². The van der Waals surface area contributed by atoms with Crippen molar-refractivity contribution in [1.29, 1.82) is 0 Å². The minimum Gasteiger partial charge on any atom is -0.397 e. The molecule has 34 heavy (non-hydrogen) atoms. The Labute approximate surface area is 198 Å². The smallest absolute Gasteiger partial charge is 0.322 e. The van der Waals surface area contributed by atoms with Crippen molar-refractivity contribution in [1.82, 2.24) is 14.8 Å². The summed E-state index contributed by atoms with van der Waals surface area (Å²) in [5, 5.41) is 5.37. The Morgan fingerprint density at radius 1 is 0.941 bits per heavy atom. The van der Waals surface area contributed by atoms with Gasteiger partial charge < -0.3 is 26.2 Å². The average Bonchev–Trinajstić information content (AvgIpc) is 2.81. The molecule has 3 amide bonds. The minimum atomic E-state index is -0.500. The first-order chi connectivity index (χ1) is 16.3. The monoisotopic (exact) mass is 464 g/mol. The number of halogens is 1. The molecule has 0 aliphatic heterocycles. The number of nitrogen functional groups attached to an aromatic ring is 1. The topological polar surface area (TPSA) is 104 Å². The molecule has 0 bridgehead atoms. The highest BCUT2D eigenvalue weighted by Crippen LogP contribution is 2.18. The zero-order chi connectivity index (χ0) is 24.5. The molecule has 0 atom stereocenters. The third-order valence-corrected chi connectivity index (χ3v) is 5.08. The molecule has 3 aromatic rings. The standard InChI is InChI=1S/C25H29FN6O2/c1-31(2)14-7-15-32(25(34)30-21-10-5-3-8-19(21)26)17-18-12-13-23(28-16-18)24(33)29-22-11-6-4-9-20(22)27/h3-6,8-13,16H,7,14-15,17,27H2,1-2H3,(H,29,33)(H,30,34). The number of para-hydroxylation sites is 3. The van der Waals surface area contributed by atoms with E-state index in [0.717, 1.165) is 18.5 Å². The van der Waals surface area contributed by atoms with Crippen LogP contribution in [0.25, 0.3) is 0 Å². The molecule has 1 heterocycles. The number of anilines is 3. The Bertz CT molecular complexity index is 1120. The lowest BCUT2D eigenvalue weighted by Crippen LogP contribution is -2.36. The zero-order valence-corrected chi connectivity index (χ0v) is 19.3. The number of amides is 3. The summed E-state index contributed by atoms with van der Waals surface area (Å²) in [5.41, 5.74) is 7.93. The molecule has 0 fully saturated rings. The fourth-order valence-corrected chi connectivity index (χ4v) is 3.26. The van der Waals surface area contributed by atoms with Crippen molar-refractivity contribution in [2.24, 2.45) is 0 Å². The number of carbonyl (C=O) groups is 2. The molecule has 1 aromatic heterocycles. The highest BCUT2D eigenvalue weighted by atomic mass is 19.1. The van der Waals surface area contributed by atoms with E-state index in [1.807, 2.05) is 19.0 Å². The molecule has 4 N–H and O–H groups in total. The number of benzene rings is 2. The van der Waals surface area contributed by atoms with Crippen molar-refractivity contribution < 1.29 is 14.0 Å². The summed E-state index contributed by atoms with van der Waals surface area (Å²) < 4.78 is 14.0. The lowest BCUT2D eigenvalue weighted by molar-refractivity contribution is 0.102. The van der Waals surface area contributed by atoms with Crippen LogP contribution in [0.15, 0.2) is 66.9 Å². The third-order valence-electron chi connectivity index (χ3n) is 5.08. The van der Waals surface area contributed by atoms with Gasteiger partial charge in [0.15, 0.2) is 0 Å². The van der Waals surface area contributed by atoms with Crippen LogP contribution in [0.2, 0.25) is 0 Å². The van der Waals surface area contributed by atoms with Crippen LogP contribution in [0.4, 0.5) is 26.2 Å². The predicted octanol–water partition coefficient (Wildman–Crippen LogP) is 4.04. The van der Waals surface area contributed by atoms with Gasteiger partial charge in [-0.1, -0.05) is 30.3 Å². The molecule has 3 rings (SSSR count). The molecule has 0 radical (unpaired) electrons. The van der Waals surface area contributed by atoms with E-state index in [1.54, 1.807) is 59.6 Å². The van der Waals surface area contributed by atoms with Crippen LogP contribution >= 0.6 is 0 Å². The molecule has 0 unspecified atom stereocenters. The maximum Gasteiger partial charge on any atom is 0.322 e. The largest absolute Gasteiger partial charge is 0.397 e. The summed E-state index contributed by atoms with van der Waals surface area (Å²) in [7, 11) is 3.92. The summed E-state index contributed by atoms with van der Waals surface area (Å²) in [6, 6.07) is 15.9. The summed E-state index contributed by atoms with van der Waals surface area (Å²) >= 11 is 0. The van der Waals surface area contributed by atoms with E-state index in [1.165, 1.54) is 12.1 Å². The molecule has 9 heteroatoms. The van der Waals surface area contributed by atoms with E-state index in [9.17, 15) is 14.0 Å². The molecule has 0 spiro atoms. The molecule has 0 saturated carbocycles. The Morgan fingerprint density at radius 3 is 2.29 bits per heavy atom. The van der Waals surface area contributed by atoms with Crippen LogP contribution in [0, 0.1) is 5.82 Å². The molecular weight excluding hydrogens is 435 g/mol. The number of nitrogens with two attached hydrogens (primary N) is 1. The van der Waals surface area contributed by atoms with Gasteiger partial charge in [0.2, 0.25) is 0 Å². The van der Waals surface area contributed by atoms with E-state index in [2.05, 4.69) is 15.6 Å². The number of carbonyl (C=O) groups excluding carboxylic acids is 2. The number of hydrogen-bond donors (Lipinski definition) is 3.